The van der Waals surface area contributed by atoms with Gasteiger partial charge in [-0.15, -0.1) is 12.4 Å². The molecule has 2 atom stereocenters. The largest absolute Gasteiger partial charge is 0.494 e. The van der Waals surface area contributed by atoms with Crippen LogP contribution in [0.3, 0.4) is 0 Å². The summed E-state index contributed by atoms with van der Waals surface area (Å²) >= 11 is 0. The van der Waals surface area contributed by atoms with Crippen LogP contribution in [0.25, 0.3) is 0 Å². The predicted octanol–water partition coefficient (Wildman–Crippen LogP) is 1.67. The van der Waals surface area contributed by atoms with Crippen LogP contribution in [0.2, 0.25) is 0 Å². The van der Waals surface area contributed by atoms with Crippen molar-refractivity contribution in [3.05, 3.63) is 29.6 Å². The zero-order valence-corrected chi connectivity index (χ0v) is 15.6. The lowest BCUT2D eigenvalue weighted by atomic mass is 9.83. The minimum Gasteiger partial charge on any atom is -0.494 e. The molecule has 3 rings (SSSR count). The number of carbonyl (C=O) groups is 2. The van der Waals surface area contributed by atoms with Crippen molar-refractivity contribution in [3.63, 3.8) is 0 Å². The number of carbonyl (C=O) groups excluding carboxylic acids is 2. The Morgan fingerprint density at radius 3 is 2.81 bits per heavy atom. The maximum absolute atomic E-state index is 13.9. The lowest BCUT2D eigenvalue weighted by Gasteiger charge is -2.47. The van der Waals surface area contributed by atoms with Gasteiger partial charge in [0.05, 0.1) is 7.11 Å². The van der Waals surface area contributed by atoms with Gasteiger partial charge in [-0.05, 0) is 37.0 Å². The van der Waals surface area contributed by atoms with E-state index in [9.17, 15) is 14.0 Å². The molecule has 0 radical (unpaired) electrons. The first-order valence-corrected chi connectivity index (χ1v) is 8.67. The van der Waals surface area contributed by atoms with Crippen LogP contribution < -0.4 is 10.5 Å². The number of hydrogen-bond acceptors (Lipinski definition) is 4. The van der Waals surface area contributed by atoms with Crippen LogP contribution in [-0.4, -0.2) is 60.9 Å². The summed E-state index contributed by atoms with van der Waals surface area (Å²) in [5.74, 6) is -0.185. The molecule has 0 spiro atoms. The molecule has 0 unspecified atom stereocenters. The van der Waals surface area contributed by atoms with Crippen molar-refractivity contribution in [2.45, 2.75) is 25.3 Å². The third-order valence-electron chi connectivity index (χ3n) is 5.20. The molecule has 2 saturated heterocycles. The Balaban J connectivity index is 0.00000243. The minimum absolute atomic E-state index is 0. The van der Waals surface area contributed by atoms with E-state index in [0.29, 0.717) is 38.2 Å². The number of hydrogen-bond donors (Lipinski definition) is 1. The SMILES string of the molecule is COc1ccc(C(=O)N2CC[C@@H]3[C@@H](CCC(=O)N3CCN)C2)cc1F.Cl. The van der Waals surface area contributed by atoms with Crippen molar-refractivity contribution in [3.8, 4) is 5.75 Å². The number of rotatable bonds is 4. The summed E-state index contributed by atoms with van der Waals surface area (Å²) in [7, 11) is 1.39. The van der Waals surface area contributed by atoms with Crippen LogP contribution in [0.1, 0.15) is 29.6 Å². The first-order valence-electron chi connectivity index (χ1n) is 8.67. The summed E-state index contributed by atoms with van der Waals surface area (Å²) < 4.78 is 18.8. The average Bonchev–Trinajstić information content (AvgIpc) is 2.63. The fourth-order valence-electron chi connectivity index (χ4n) is 3.95. The summed E-state index contributed by atoms with van der Waals surface area (Å²) in [5.41, 5.74) is 5.95. The van der Waals surface area contributed by atoms with E-state index in [1.807, 2.05) is 4.90 Å². The molecule has 8 heteroatoms. The highest BCUT2D eigenvalue weighted by atomic mass is 35.5. The van der Waals surface area contributed by atoms with E-state index in [1.54, 1.807) is 11.0 Å². The summed E-state index contributed by atoms with van der Waals surface area (Å²) in [6.45, 7) is 2.16. The molecule has 2 heterocycles. The third kappa shape index (κ3) is 3.94. The van der Waals surface area contributed by atoms with Crippen molar-refractivity contribution in [1.82, 2.24) is 9.80 Å². The number of methoxy groups -OCH3 is 1. The Morgan fingerprint density at radius 1 is 1.38 bits per heavy atom. The number of benzene rings is 1. The van der Waals surface area contributed by atoms with Gasteiger partial charge in [-0.2, -0.15) is 0 Å². The Kier molecular flexibility index (Phi) is 6.83. The lowest BCUT2D eigenvalue weighted by Crippen LogP contribution is -2.57. The zero-order chi connectivity index (χ0) is 18.0. The van der Waals surface area contributed by atoms with E-state index in [0.717, 1.165) is 12.8 Å². The molecule has 1 aromatic carbocycles. The Morgan fingerprint density at radius 2 is 2.15 bits per heavy atom. The number of likely N-dealkylation sites (tertiary alicyclic amines) is 2. The second kappa shape index (κ2) is 8.68. The van der Waals surface area contributed by atoms with E-state index in [1.165, 1.54) is 19.2 Å². The quantitative estimate of drug-likeness (QED) is 0.855. The standard InChI is InChI=1S/C18H24FN3O3.ClH/c1-25-16-4-2-12(10-14(16)19)18(24)21-8-6-15-13(11-21)3-5-17(23)22(15)9-7-20;/h2,4,10,13,15H,3,5-9,11,20H2,1H3;1H/t13-,15+;/m0./s1. The molecule has 2 aliphatic heterocycles. The summed E-state index contributed by atoms with van der Waals surface area (Å²) in [4.78, 5) is 28.5. The van der Waals surface area contributed by atoms with E-state index in [2.05, 4.69) is 0 Å². The molecule has 2 amide bonds. The highest BCUT2D eigenvalue weighted by Gasteiger charge is 2.40. The van der Waals surface area contributed by atoms with Crippen molar-refractivity contribution in [2.24, 2.45) is 11.7 Å². The minimum atomic E-state index is -0.541. The van der Waals surface area contributed by atoms with Gasteiger partial charge in [0, 0.05) is 44.2 Å². The monoisotopic (exact) mass is 385 g/mol. The Bertz CT molecular complexity index is 673. The summed E-state index contributed by atoms with van der Waals surface area (Å²) in [6.07, 6.45) is 2.02. The molecule has 0 saturated carbocycles. The van der Waals surface area contributed by atoms with Gasteiger partial charge in [0.25, 0.3) is 5.91 Å². The van der Waals surface area contributed by atoms with Crippen molar-refractivity contribution in [2.75, 3.05) is 33.3 Å². The topological polar surface area (TPSA) is 75.9 Å². The lowest BCUT2D eigenvalue weighted by molar-refractivity contribution is -0.140. The first kappa shape index (κ1) is 20.5. The van der Waals surface area contributed by atoms with Gasteiger partial charge in [-0.25, -0.2) is 4.39 Å². The van der Waals surface area contributed by atoms with Gasteiger partial charge in [-0.3, -0.25) is 9.59 Å². The molecular formula is C18H25ClFN3O3. The number of amides is 2. The molecule has 2 fully saturated rings. The molecule has 0 bridgehead atoms. The number of fused-ring (bicyclic) bond motifs is 1. The van der Waals surface area contributed by atoms with Crippen LogP contribution in [0.15, 0.2) is 18.2 Å². The van der Waals surface area contributed by atoms with E-state index < -0.39 is 5.82 Å². The van der Waals surface area contributed by atoms with Gasteiger partial charge in [-0.1, -0.05) is 0 Å². The van der Waals surface area contributed by atoms with Crippen LogP contribution >= 0.6 is 12.4 Å². The van der Waals surface area contributed by atoms with Crippen molar-refractivity contribution in [1.29, 1.82) is 0 Å². The molecule has 26 heavy (non-hydrogen) atoms. The maximum Gasteiger partial charge on any atom is 0.253 e. The number of nitrogens with two attached hydrogens (primary N) is 1. The number of ether oxygens (including phenoxy) is 1. The van der Waals surface area contributed by atoms with Crippen LogP contribution in [0.4, 0.5) is 4.39 Å². The van der Waals surface area contributed by atoms with Crippen LogP contribution in [0, 0.1) is 11.7 Å². The van der Waals surface area contributed by atoms with Crippen LogP contribution in [0.5, 0.6) is 5.75 Å². The normalized spacial score (nSPS) is 22.5. The van der Waals surface area contributed by atoms with Gasteiger partial charge >= 0.3 is 0 Å². The molecule has 0 aromatic heterocycles. The van der Waals surface area contributed by atoms with E-state index >= 15 is 0 Å². The number of piperidine rings is 2. The smallest absolute Gasteiger partial charge is 0.253 e. The highest BCUT2D eigenvalue weighted by molar-refractivity contribution is 5.94. The molecule has 6 nitrogen and oxygen atoms in total. The Labute approximate surface area is 158 Å². The summed E-state index contributed by atoms with van der Waals surface area (Å²) in [6, 6.07) is 4.43. The molecule has 2 N–H and O–H groups in total. The van der Waals surface area contributed by atoms with Gasteiger partial charge < -0.3 is 20.3 Å². The average molecular weight is 386 g/mol. The van der Waals surface area contributed by atoms with Gasteiger partial charge in [0.2, 0.25) is 5.91 Å². The molecular weight excluding hydrogens is 361 g/mol. The Hall–Kier alpha value is -1.86. The molecule has 0 aliphatic carbocycles. The number of nitrogens with zero attached hydrogens (tertiary/aromatic N) is 2. The van der Waals surface area contributed by atoms with Gasteiger partial charge in [0.1, 0.15) is 0 Å². The molecule has 1 aromatic rings. The van der Waals surface area contributed by atoms with E-state index in [-0.39, 0.29) is 41.9 Å². The van der Waals surface area contributed by atoms with Gasteiger partial charge in [0.15, 0.2) is 11.6 Å². The van der Waals surface area contributed by atoms with Crippen LogP contribution in [-0.2, 0) is 4.79 Å². The first-order chi connectivity index (χ1) is 12.0. The number of halogens is 2. The second-order valence-electron chi connectivity index (χ2n) is 6.63. The highest BCUT2D eigenvalue weighted by Crippen LogP contribution is 2.32. The fraction of sp³-hybridized carbons (Fsp3) is 0.556. The zero-order valence-electron chi connectivity index (χ0n) is 14.8. The molecule has 2 aliphatic rings. The molecule has 144 valence electrons. The maximum atomic E-state index is 13.9. The summed E-state index contributed by atoms with van der Waals surface area (Å²) in [5, 5.41) is 0. The van der Waals surface area contributed by atoms with Crippen molar-refractivity contribution < 1.29 is 18.7 Å². The third-order valence-corrected chi connectivity index (χ3v) is 5.20. The second-order valence-corrected chi connectivity index (χ2v) is 6.63. The van der Waals surface area contributed by atoms with E-state index in [4.69, 9.17) is 10.5 Å². The fourth-order valence-corrected chi connectivity index (χ4v) is 3.95. The predicted molar refractivity (Wildman–Crippen MR) is 98.0 cm³/mol. The van der Waals surface area contributed by atoms with Crippen molar-refractivity contribution >= 4 is 24.2 Å².